The Morgan fingerprint density at radius 1 is 1.16 bits per heavy atom. The summed E-state index contributed by atoms with van der Waals surface area (Å²) in [6.07, 6.45) is -1.64. The average molecular weight is 426 g/mol. The normalized spacial score (nSPS) is 19.7. The molecule has 2 aromatic rings. The SMILES string of the molecule is O=C(Nc1ccccc1-c1ccc2c(c1)N(CC(F)(F)F)C(=O)C1=CN=NC12)C1CC1. The first-order chi connectivity index (χ1) is 14.8. The molecule has 1 N–H and O–H groups in total. The highest BCUT2D eigenvalue weighted by atomic mass is 19.4. The van der Waals surface area contributed by atoms with Gasteiger partial charge in [-0.15, -0.1) is 0 Å². The van der Waals surface area contributed by atoms with E-state index in [4.69, 9.17) is 0 Å². The lowest BCUT2D eigenvalue weighted by Crippen LogP contribution is -2.43. The van der Waals surface area contributed by atoms with E-state index in [-0.39, 0.29) is 23.1 Å². The molecule has 2 amide bonds. The van der Waals surface area contributed by atoms with Crippen LogP contribution in [-0.2, 0) is 9.59 Å². The van der Waals surface area contributed by atoms with Crippen molar-refractivity contribution in [1.29, 1.82) is 0 Å². The molecule has 0 aromatic heterocycles. The Morgan fingerprint density at radius 2 is 1.94 bits per heavy atom. The zero-order valence-corrected chi connectivity index (χ0v) is 16.2. The van der Waals surface area contributed by atoms with Crippen LogP contribution >= 0.6 is 0 Å². The molecule has 1 atom stereocenters. The van der Waals surface area contributed by atoms with Crippen molar-refractivity contribution in [3.63, 3.8) is 0 Å². The van der Waals surface area contributed by atoms with Crippen molar-refractivity contribution in [3.8, 4) is 11.1 Å². The molecule has 2 aromatic carbocycles. The van der Waals surface area contributed by atoms with Crippen LogP contribution in [0.15, 0.2) is 64.5 Å². The van der Waals surface area contributed by atoms with Gasteiger partial charge in [0.1, 0.15) is 12.6 Å². The van der Waals surface area contributed by atoms with Gasteiger partial charge >= 0.3 is 6.18 Å². The third-order valence-electron chi connectivity index (χ3n) is 5.56. The van der Waals surface area contributed by atoms with Crippen molar-refractivity contribution < 1.29 is 22.8 Å². The maximum Gasteiger partial charge on any atom is 0.406 e. The zero-order valence-electron chi connectivity index (χ0n) is 16.2. The standard InChI is InChI=1S/C22H17F3N4O2/c23-22(24,25)11-29-18-9-13(7-8-15(18)19-16(21(29)31)10-26-28-19)14-3-1-2-4-17(14)27-20(30)12-5-6-12/h1-4,7-10,12,19H,5-6,11H2,(H,27,30). The van der Waals surface area contributed by atoms with Gasteiger partial charge in [0.15, 0.2) is 0 Å². The van der Waals surface area contributed by atoms with Crippen LogP contribution in [0.1, 0.15) is 24.4 Å². The van der Waals surface area contributed by atoms with Gasteiger partial charge in [-0.25, -0.2) is 0 Å². The van der Waals surface area contributed by atoms with Crippen molar-refractivity contribution >= 4 is 23.2 Å². The molecule has 31 heavy (non-hydrogen) atoms. The van der Waals surface area contributed by atoms with E-state index >= 15 is 0 Å². The van der Waals surface area contributed by atoms with Crippen molar-refractivity contribution in [2.24, 2.45) is 16.1 Å². The van der Waals surface area contributed by atoms with Gasteiger partial charge in [0.05, 0.1) is 17.5 Å². The summed E-state index contributed by atoms with van der Waals surface area (Å²) >= 11 is 0. The number of hydrogen-bond acceptors (Lipinski definition) is 4. The van der Waals surface area contributed by atoms with Crippen molar-refractivity contribution in [2.45, 2.75) is 25.1 Å². The number of fused-ring (bicyclic) bond motifs is 3. The smallest absolute Gasteiger partial charge is 0.325 e. The summed E-state index contributed by atoms with van der Waals surface area (Å²) in [5.74, 6) is -0.817. The minimum atomic E-state index is -4.57. The molecule has 0 radical (unpaired) electrons. The van der Waals surface area contributed by atoms with Crippen molar-refractivity contribution in [3.05, 3.63) is 59.8 Å². The molecule has 1 fully saturated rings. The van der Waals surface area contributed by atoms with E-state index in [0.717, 1.165) is 17.7 Å². The Hall–Kier alpha value is -3.49. The molecule has 0 spiro atoms. The highest BCUT2D eigenvalue weighted by Gasteiger charge is 2.43. The molecule has 1 aliphatic carbocycles. The summed E-state index contributed by atoms with van der Waals surface area (Å²) in [6, 6.07) is 11.4. The van der Waals surface area contributed by atoms with Crippen LogP contribution in [0.5, 0.6) is 0 Å². The molecule has 3 aliphatic rings. The van der Waals surface area contributed by atoms with E-state index in [1.54, 1.807) is 42.5 Å². The number of carbonyl (C=O) groups excluding carboxylic acids is 2. The number of halogens is 3. The summed E-state index contributed by atoms with van der Waals surface area (Å²) in [5.41, 5.74) is 2.58. The number of benzene rings is 2. The van der Waals surface area contributed by atoms with Crippen LogP contribution in [0.25, 0.3) is 11.1 Å². The minimum absolute atomic E-state index is 0.00873. The van der Waals surface area contributed by atoms with Gasteiger partial charge in [0.25, 0.3) is 5.91 Å². The van der Waals surface area contributed by atoms with Crippen LogP contribution in [0, 0.1) is 5.92 Å². The number of para-hydroxylation sites is 1. The fourth-order valence-electron chi connectivity index (χ4n) is 3.90. The molecule has 1 saturated carbocycles. The topological polar surface area (TPSA) is 74.1 Å². The second-order valence-electron chi connectivity index (χ2n) is 7.81. The third-order valence-corrected chi connectivity index (χ3v) is 5.56. The second-order valence-corrected chi connectivity index (χ2v) is 7.81. The lowest BCUT2D eigenvalue weighted by atomic mass is 9.90. The molecule has 0 saturated heterocycles. The van der Waals surface area contributed by atoms with E-state index < -0.39 is 24.7 Å². The third kappa shape index (κ3) is 3.60. The Labute approximate surface area is 175 Å². The van der Waals surface area contributed by atoms with Gasteiger partial charge < -0.3 is 5.32 Å². The zero-order chi connectivity index (χ0) is 21.8. The van der Waals surface area contributed by atoms with Crippen LogP contribution in [0.2, 0.25) is 0 Å². The van der Waals surface area contributed by atoms with Crippen LogP contribution < -0.4 is 10.2 Å². The van der Waals surface area contributed by atoms with Crippen LogP contribution in [0.4, 0.5) is 24.5 Å². The molecule has 158 valence electrons. The van der Waals surface area contributed by atoms with Gasteiger partial charge in [-0.1, -0.05) is 30.3 Å². The Kier molecular flexibility index (Phi) is 4.42. The summed E-state index contributed by atoms with van der Waals surface area (Å²) in [7, 11) is 0. The highest BCUT2D eigenvalue weighted by molar-refractivity contribution is 6.10. The number of carbonyl (C=O) groups is 2. The van der Waals surface area contributed by atoms with Crippen LogP contribution in [0.3, 0.4) is 0 Å². The molecule has 1 unspecified atom stereocenters. The molecule has 6 nitrogen and oxygen atoms in total. The van der Waals surface area contributed by atoms with Crippen molar-refractivity contribution in [2.75, 3.05) is 16.8 Å². The highest BCUT2D eigenvalue weighted by Crippen LogP contribution is 2.45. The van der Waals surface area contributed by atoms with E-state index in [2.05, 4.69) is 15.5 Å². The number of azo groups is 1. The van der Waals surface area contributed by atoms with E-state index in [1.807, 2.05) is 0 Å². The number of hydrogen-bond donors (Lipinski definition) is 1. The number of alkyl halides is 3. The second kappa shape index (κ2) is 7.04. The Bertz CT molecular complexity index is 1150. The summed E-state index contributed by atoms with van der Waals surface area (Å²) in [6.45, 7) is -1.41. The largest absolute Gasteiger partial charge is 0.406 e. The van der Waals surface area contributed by atoms with Crippen LogP contribution in [-0.4, -0.2) is 24.5 Å². The number of amides is 2. The van der Waals surface area contributed by atoms with Gasteiger partial charge in [-0.3, -0.25) is 14.5 Å². The molecule has 2 aliphatic heterocycles. The molecule has 9 heteroatoms. The number of anilines is 2. The predicted octanol–water partition coefficient (Wildman–Crippen LogP) is 5.00. The predicted molar refractivity (Wildman–Crippen MR) is 107 cm³/mol. The van der Waals surface area contributed by atoms with Gasteiger partial charge in [-0.05, 0) is 30.5 Å². The van der Waals surface area contributed by atoms with E-state index in [0.29, 0.717) is 22.4 Å². The molecular formula is C22H17F3N4O2. The lowest BCUT2D eigenvalue weighted by Gasteiger charge is -2.33. The minimum Gasteiger partial charge on any atom is -0.325 e. The van der Waals surface area contributed by atoms with E-state index in [1.165, 1.54) is 6.20 Å². The monoisotopic (exact) mass is 426 g/mol. The van der Waals surface area contributed by atoms with Gasteiger partial charge in [0, 0.05) is 22.7 Å². The first kappa shape index (κ1) is 19.5. The molecule has 5 rings (SSSR count). The first-order valence-corrected chi connectivity index (χ1v) is 9.85. The Balaban J connectivity index is 1.58. The molecule has 0 bridgehead atoms. The fraction of sp³-hybridized carbons (Fsp3) is 0.273. The average Bonchev–Trinajstić information content (AvgIpc) is 3.47. The maximum atomic E-state index is 13.3. The van der Waals surface area contributed by atoms with Gasteiger partial charge in [0.2, 0.25) is 5.91 Å². The lowest BCUT2D eigenvalue weighted by molar-refractivity contribution is -0.130. The Morgan fingerprint density at radius 3 is 2.68 bits per heavy atom. The number of nitrogens with zero attached hydrogens (tertiary/aromatic N) is 3. The van der Waals surface area contributed by atoms with Crippen molar-refractivity contribution in [1.82, 2.24) is 0 Å². The number of nitrogens with one attached hydrogen (secondary N) is 1. The number of rotatable bonds is 4. The maximum absolute atomic E-state index is 13.3. The molecule has 2 heterocycles. The van der Waals surface area contributed by atoms with E-state index in [9.17, 15) is 22.8 Å². The molecular weight excluding hydrogens is 409 g/mol. The summed E-state index contributed by atoms with van der Waals surface area (Å²) < 4.78 is 39.8. The fourth-order valence-corrected chi connectivity index (χ4v) is 3.90. The van der Waals surface area contributed by atoms with Gasteiger partial charge in [-0.2, -0.15) is 23.4 Å². The first-order valence-electron chi connectivity index (χ1n) is 9.85. The summed E-state index contributed by atoms with van der Waals surface area (Å²) in [4.78, 5) is 25.7. The summed E-state index contributed by atoms with van der Waals surface area (Å²) in [5, 5.41) is 10.7. The quantitative estimate of drug-likeness (QED) is 0.747.